The highest BCUT2D eigenvalue weighted by Crippen LogP contribution is 2.10. The van der Waals surface area contributed by atoms with Crippen LogP contribution in [0.4, 0.5) is 0 Å². The van der Waals surface area contributed by atoms with Crippen LogP contribution in [0.2, 0.25) is 0 Å². The number of hydrogen-bond donors (Lipinski definition) is 0. The van der Waals surface area contributed by atoms with Crippen molar-refractivity contribution in [2.45, 2.75) is 25.1 Å². The second-order valence-electron chi connectivity index (χ2n) is 3.77. The van der Waals surface area contributed by atoms with Crippen molar-refractivity contribution in [3.63, 3.8) is 0 Å². The molecular weight excluding hydrogens is 236 g/mol. The monoisotopic (exact) mass is 252 g/mol. The second-order valence-corrected chi connectivity index (χ2v) is 4.33. The summed E-state index contributed by atoms with van der Waals surface area (Å²) in [6.07, 6.45) is 5.48. The number of esters is 1. The Morgan fingerprint density at radius 3 is 2.76 bits per heavy atom. The maximum Gasteiger partial charge on any atom is 0.302 e. The molecule has 2 nitrogen and oxygen atoms in total. The number of alkyl halides is 1. The minimum atomic E-state index is -0.273. The first-order valence-corrected chi connectivity index (χ1v) is 6.10. The summed E-state index contributed by atoms with van der Waals surface area (Å²) in [5, 5.41) is -0.0224. The number of carbonyl (C=O) groups excluding carboxylic acids is 1. The molecule has 1 rings (SSSR count). The predicted octanol–water partition coefficient (Wildman–Crippen LogP) is 3.35. The predicted molar refractivity (Wildman–Crippen MR) is 70.2 cm³/mol. The molecule has 92 valence electrons. The molecule has 1 atom stereocenters. The highest BCUT2D eigenvalue weighted by Gasteiger charge is 2.00. The van der Waals surface area contributed by atoms with Gasteiger partial charge in [-0.15, -0.1) is 11.6 Å². The van der Waals surface area contributed by atoms with E-state index in [1.54, 1.807) is 6.08 Å². The minimum Gasteiger partial charge on any atom is -0.462 e. The van der Waals surface area contributed by atoms with Crippen LogP contribution in [0.25, 0.3) is 0 Å². The van der Waals surface area contributed by atoms with E-state index in [1.165, 1.54) is 12.5 Å². The van der Waals surface area contributed by atoms with Crippen molar-refractivity contribution in [3.8, 4) is 0 Å². The van der Waals surface area contributed by atoms with Gasteiger partial charge in [0.2, 0.25) is 0 Å². The lowest BCUT2D eigenvalue weighted by atomic mass is 10.1. The molecule has 0 bridgehead atoms. The Hall–Kier alpha value is -1.28. The fourth-order valence-corrected chi connectivity index (χ4v) is 1.63. The lowest BCUT2D eigenvalue weighted by Crippen LogP contribution is -2.00. The van der Waals surface area contributed by atoms with Gasteiger partial charge in [-0.05, 0) is 24.5 Å². The van der Waals surface area contributed by atoms with Crippen molar-refractivity contribution in [2.24, 2.45) is 0 Å². The number of rotatable bonds is 6. The van der Waals surface area contributed by atoms with Crippen LogP contribution in [-0.4, -0.2) is 18.0 Å². The summed E-state index contributed by atoms with van der Waals surface area (Å²) in [5.74, 6) is -0.273. The van der Waals surface area contributed by atoms with Crippen LogP contribution in [0.1, 0.15) is 18.9 Å². The molecule has 0 heterocycles. The highest BCUT2D eigenvalue weighted by atomic mass is 35.5. The molecule has 1 aromatic rings. The molecule has 0 aliphatic carbocycles. The zero-order chi connectivity index (χ0) is 12.5. The van der Waals surface area contributed by atoms with E-state index in [2.05, 4.69) is 12.1 Å². The minimum absolute atomic E-state index is 0.0224. The van der Waals surface area contributed by atoms with Gasteiger partial charge in [0.05, 0.1) is 5.38 Å². The number of halogens is 1. The Kier molecular flexibility index (Phi) is 6.41. The molecular formula is C14H17ClO2. The third kappa shape index (κ3) is 6.80. The summed E-state index contributed by atoms with van der Waals surface area (Å²) < 4.78 is 4.77. The van der Waals surface area contributed by atoms with Gasteiger partial charge in [-0.1, -0.05) is 36.4 Å². The molecule has 0 saturated carbocycles. The van der Waals surface area contributed by atoms with Crippen molar-refractivity contribution in [2.75, 3.05) is 6.61 Å². The van der Waals surface area contributed by atoms with Gasteiger partial charge >= 0.3 is 5.97 Å². The third-order valence-corrected chi connectivity index (χ3v) is 2.64. The molecule has 0 radical (unpaired) electrons. The van der Waals surface area contributed by atoms with E-state index in [4.69, 9.17) is 16.3 Å². The number of carbonyl (C=O) groups is 1. The zero-order valence-electron chi connectivity index (χ0n) is 9.93. The second kappa shape index (κ2) is 7.91. The quantitative estimate of drug-likeness (QED) is 0.441. The first kappa shape index (κ1) is 13.8. The van der Waals surface area contributed by atoms with Crippen molar-refractivity contribution < 1.29 is 9.53 Å². The number of benzene rings is 1. The van der Waals surface area contributed by atoms with E-state index < -0.39 is 0 Å². The Morgan fingerprint density at radius 2 is 2.12 bits per heavy atom. The summed E-state index contributed by atoms with van der Waals surface area (Å²) >= 11 is 6.12. The van der Waals surface area contributed by atoms with Gasteiger partial charge in [0, 0.05) is 6.92 Å². The van der Waals surface area contributed by atoms with Gasteiger partial charge in [-0.2, -0.15) is 0 Å². The van der Waals surface area contributed by atoms with E-state index in [-0.39, 0.29) is 11.3 Å². The molecule has 17 heavy (non-hydrogen) atoms. The van der Waals surface area contributed by atoms with E-state index in [0.717, 1.165) is 12.8 Å². The average molecular weight is 253 g/mol. The Labute approximate surface area is 107 Å². The number of aryl methyl sites for hydroxylation is 1. The molecule has 0 aromatic heterocycles. The van der Waals surface area contributed by atoms with Crippen LogP contribution in [0, 0.1) is 0 Å². The van der Waals surface area contributed by atoms with Crippen molar-refractivity contribution in [3.05, 3.63) is 48.0 Å². The van der Waals surface area contributed by atoms with Gasteiger partial charge in [-0.25, -0.2) is 0 Å². The van der Waals surface area contributed by atoms with Crippen LogP contribution in [0.5, 0.6) is 0 Å². The normalized spacial score (nSPS) is 12.6. The van der Waals surface area contributed by atoms with Gasteiger partial charge in [0.15, 0.2) is 0 Å². The molecule has 0 fully saturated rings. The fourth-order valence-electron chi connectivity index (χ4n) is 1.41. The summed E-state index contributed by atoms with van der Waals surface area (Å²) in [5.41, 5.74) is 1.28. The van der Waals surface area contributed by atoms with E-state index in [0.29, 0.717) is 6.61 Å². The first-order valence-electron chi connectivity index (χ1n) is 5.66. The molecule has 0 amide bonds. The summed E-state index contributed by atoms with van der Waals surface area (Å²) in [6, 6.07) is 10.2. The number of ether oxygens (including phenoxy) is 1. The number of allylic oxidation sites excluding steroid dienone is 1. The van der Waals surface area contributed by atoms with Gasteiger partial charge < -0.3 is 4.74 Å². The van der Waals surface area contributed by atoms with E-state index in [9.17, 15) is 4.79 Å². The zero-order valence-corrected chi connectivity index (χ0v) is 10.7. The van der Waals surface area contributed by atoms with Crippen LogP contribution in [0.3, 0.4) is 0 Å². The summed E-state index contributed by atoms with van der Waals surface area (Å²) in [4.78, 5) is 10.5. The van der Waals surface area contributed by atoms with Crippen molar-refractivity contribution in [1.82, 2.24) is 0 Å². The summed E-state index contributed by atoms with van der Waals surface area (Å²) in [6.45, 7) is 1.69. The Morgan fingerprint density at radius 1 is 1.41 bits per heavy atom. The van der Waals surface area contributed by atoms with Crippen molar-refractivity contribution in [1.29, 1.82) is 0 Å². The molecule has 1 unspecified atom stereocenters. The Bertz CT molecular complexity index is 360. The SMILES string of the molecule is CC(=O)OC/C=C/C(Cl)CCc1ccccc1. The van der Waals surface area contributed by atoms with Crippen LogP contribution in [0.15, 0.2) is 42.5 Å². The number of hydrogen-bond acceptors (Lipinski definition) is 2. The van der Waals surface area contributed by atoms with Gasteiger partial charge in [0.1, 0.15) is 6.61 Å². The molecule has 0 aliphatic rings. The average Bonchev–Trinajstić information content (AvgIpc) is 2.33. The molecule has 1 aromatic carbocycles. The van der Waals surface area contributed by atoms with Gasteiger partial charge in [-0.3, -0.25) is 4.79 Å². The van der Waals surface area contributed by atoms with E-state index in [1.807, 2.05) is 24.3 Å². The van der Waals surface area contributed by atoms with Gasteiger partial charge in [0.25, 0.3) is 0 Å². The standard InChI is InChI=1S/C14H17ClO2/c1-12(16)17-11-5-8-14(15)10-9-13-6-3-2-4-7-13/h2-8,14H,9-11H2,1H3/b8-5+. The Balaban J connectivity index is 2.21. The first-order chi connectivity index (χ1) is 8.18. The van der Waals surface area contributed by atoms with Crippen LogP contribution < -0.4 is 0 Å². The molecule has 0 saturated heterocycles. The molecule has 0 aliphatic heterocycles. The molecule has 3 heteroatoms. The lowest BCUT2D eigenvalue weighted by Gasteiger charge is -2.04. The highest BCUT2D eigenvalue weighted by molar-refractivity contribution is 6.21. The smallest absolute Gasteiger partial charge is 0.302 e. The topological polar surface area (TPSA) is 26.3 Å². The maximum absolute atomic E-state index is 10.5. The van der Waals surface area contributed by atoms with Crippen LogP contribution >= 0.6 is 11.6 Å². The van der Waals surface area contributed by atoms with Crippen LogP contribution in [-0.2, 0) is 16.0 Å². The summed E-state index contributed by atoms with van der Waals surface area (Å²) in [7, 11) is 0. The lowest BCUT2D eigenvalue weighted by molar-refractivity contribution is -0.139. The molecule has 0 N–H and O–H groups in total. The molecule has 0 spiro atoms. The van der Waals surface area contributed by atoms with Crippen molar-refractivity contribution >= 4 is 17.6 Å². The largest absolute Gasteiger partial charge is 0.462 e. The van der Waals surface area contributed by atoms with E-state index >= 15 is 0 Å². The fraction of sp³-hybridized carbons (Fsp3) is 0.357. The third-order valence-electron chi connectivity index (χ3n) is 2.28. The maximum atomic E-state index is 10.5.